The number of allylic oxidation sites excluding steroid dienone is 2. The Bertz CT molecular complexity index is 631. The number of ether oxygens (including phenoxy) is 1. The molecule has 3 heteroatoms. The van der Waals surface area contributed by atoms with Gasteiger partial charge in [-0.3, -0.25) is 4.79 Å². The van der Waals surface area contributed by atoms with Crippen LogP contribution in [-0.4, -0.2) is 17.7 Å². The van der Waals surface area contributed by atoms with Crippen molar-refractivity contribution in [1.82, 2.24) is 0 Å². The average Bonchev–Trinajstić information content (AvgIpc) is 2.69. The highest BCUT2D eigenvalue weighted by Gasteiger charge is 2.32. The second-order valence-corrected chi connectivity index (χ2v) is 7.49. The van der Waals surface area contributed by atoms with Crippen LogP contribution >= 0.6 is 0 Å². The zero-order valence-electron chi connectivity index (χ0n) is 16.8. The molecule has 148 valence electrons. The lowest BCUT2D eigenvalue weighted by atomic mass is 9.72. The molecule has 0 heterocycles. The molecule has 0 saturated heterocycles. The first-order chi connectivity index (χ1) is 13.1. The van der Waals surface area contributed by atoms with Gasteiger partial charge in [0, 0.05) is 11.0 Å². The first-order valence-electron chi connectivity index (χ1n) is 10.5. The maximum Gasteiger partial charge on any atom is 0.314 e. The van der Waals surface area contributed by atoms with Crippen LogP contribution in [0.4, 0.5) is 0 Å². The zero-order chi connectivity index (χ0) is 19.5. The van der Waals surface area contributed by atoms with Crippen molar-refractivity contribution >= 4 is 5.97 Å². The highest BCUT2D eigenvalue weighted by molar-refractivity contribution is 5.75. The summed E-state index contributed by atoms with van der Waals surface area (Å²) in [5.74, 6) is -0.415. The number of aliphatic carboxylic acids is 1. The summed E-state index contributed by atoms with van der Waals surface area (Å²) in [5, 5.41) is 9.29. The lowest BCUT2D eigenvalue weighted by Crippen LogP contribution is -2.26. The monoisotopic (exact) mass is 370 g/mol. The summed E-state index contributed by atoms with van der Waals surface area (Å²) in [6.45, 7) is 5.14. The normalized spacial score (nSPS) is 21.3. The van der Waals surface area contributed by atoms with E-state index >= 15 is 0 Å². The molecule has 0 atom stereocenters. The van der Waals surface area contributed by atoms with Crippen LogP contribution in [0.3, 0.4) is 0 Å². The Balaban J connectivity index is 2.15. The van der Waals surface area contributed by atoms with Crippen LogP contribution in [0, 0.1) is 5.92 Å². The summed E-state index contributed by atoms with van der Waals surface area (Å²) in [7, 11) is 0. The van der Waals surface area contributed by atoms with E-state index in [1.165, 1.54) is 25.7 Å². The van der Waals surface area contributed by atoms with Crippen LogP contribution in [0.2, 0.25) is 0 Å². The quantitative estimate of drug-likeness (QED) is 0.347. The molecule has 1 aliphatic rings. The highest BCUT2D eigenvalue weighted by atomic mass is 16.5. The van der Waals surface area contributed by atoms with Crippen LogP contribution in [0.15, 0.2) is 48.6 Å². The van der Waals surface area contributed by atoms with E-state index in [1.54, 1.807) is 0 Å². The molecule has 0 aromatic heterocycles. The van der Waals surface area contributed by atoms with E-state index in [0.29, 0.717) is 0 Å². The van der Waals surface area contributed by atoms with Crippen LogP contribution in [-0.2, 0) is 10.2 Å². The lowest BCUT2D eigenvalue weighted by molar-refractivity contribution is -0.138. The van der Waals surface area contributed by atoms with Gasteiger partial charge in [0.05, 0.1) is 12.5 Å². The Morgan fingerprint density at radius 1 is 1.00 bits per heavy atom. The molecule has 1 aromatic carbocycles. The van der Waals surface area contributed by atoms with Crippen LogP contribution in [0.5, 0.6) is 5.75 Å². The molecule has 1 N–H and O–H groups in total. The maximum absolute atomic E-state index is 11.3. The van der Waals surface area contributed by atoms with Crippen molar-refractivity contribution in [2.75, 3.05) is 6.61 Å². The third kappa shape index (κ3) is 5.98. The van der Waals surface area contributed by atoms with E-state index in [-0.39, 0.29) is 5.41 Å². The smallest absolute Gasteiger partial charge is 0.314 e. The van der Waals surface area contributed by atoms with Crippen molar-refractivity contribution in [2.45, 2.75) is 70.6 Å². The van der Waals surface area contributed by atoms with Gasteiger partial charge in [0.15, 0.2) is 0 Å². The Morgan fingerprint density at radius 2 is 1.67 bits per heavy atom. The number of carboxylic acids is 1. The second kappa shape index (κ2) is 11.0. The molecule has 0 fully saturated rings. The predicted molar refractivity (Wildman–Crippen MR) is 111 cm³/mol. The minimum absolute atomic E-state index is 0.277. The minimum Gasteiger partial charge on any atom is -0.493 e. The number of unbranched alkanes of at least 4 members (excludes halogenated alkanes) is 5. The largest absolute Gasteiger partial charge is 0.493 e. The maximum atomic E-state index is 11.3. The third-order valence-corrected chi connectivity index (χ3v) is 5.33. The molecule has 0 saturated carbocycles. The van der Waals surface area contributed by atoms with Gasteiger partial charge in [0.2, 0.25) is 0 Å². The number of rotatable bonds is 12. The molecule has 1 aliphatic carbocycles. The van der Waals surface area contributed by atoms with Crippen LogP contribution in [0.25, 0.3) is 0 Å². The van der Waals surface area contributed by atoms with Gasteiger partial charge >= 0.3 is 5.97 Å². The van der Waals surface area contributed by atoms with Gasteiger partial charge in [-0.1, -0.05) is 94.9 Å². The molecule has 0 radical (unpaired) electrons. The fraction of sp³-hybridized carbons (Fsp3) is 0.542. The van der Waals surface area contributed by atoms with E-state index in [2.05, 4.69) is 32.1 Å². The second-order valence-electron chi connectivity index (χ2n) is 7.49. The summed E-state index contributed by atoms with van der Waals surface area (Å²) in [4.78, 5) is 11.3. The van der Waals surface area contributed by atoms with Crippen LogP contribution in [0.1, 0.15) is 70.8 Å². The van der Waals surface area contributed by atoms with Crippen molar-refractivity contribution in [2.24, 2.45) is 5.92 Å². The Morgan fingerprint density at radius 3 is 2.33 bits per heavy atom. The van der Waals surface area contributed by atoms with Gasteiger partial charge in [-0.05, 0) is 18.9 Å². The van der Waals surface area contributed by atoms with Gasteiger partial charge in [-0.2, -0.15) is 0 Å². The van der Waals surface area contributed by atoms with E-state index in [1.807, 2.05) is 30.4 Å². The summed E-state index contributed by atoms with van der Waals surface area (Å²) >= 11 is 0. The molecular formula is C24H34O3. The molecule has 0 amide bonds. The number of para-hydroxylation sites is 1. The fourth-order valence-corrected chi connectivity index (χ4v) is 3.65. The fourth-order valence-electron chi connectivity index (χ4n) is 3.65. The van der Waals surface area contributed by atoms with E-state index < -0.39 is 11.9 Å². The van der Waals surface area contributed by atoms with Crippen molar-refractivity contribution in [1.29, 1.82) is 0 Å². The molecule has 0 aliphatic heterocycles. The van der Waals surface area contributed by atoms with Gasteiger partial charge in [-0.25, -0.2) is 0 Å². The third-order valence-electron chi connectivity index (χ3n) is 5.33. The number of hydrogen-bond acceptors (Lipinski definition) is 2. The molecule has 2 rings (SSSR count). The summed E-state index contributed by atoms with van der Waals surface area (Å²) in [6.07, 6.45) is 17.0. The Kier molecular flexibility index (Phi) is 8.63. The van der Waals surface area contributed by atoms with Gasteiger partial charge in [0.1, 0.15) is 5.75 Å². The van der Waals surface area contributed by atoms with Crippen LogP contribution < -0.4 is 4.74 Å². The lowest BCUT2D eigenvalue weighted by Gasteiger charge is -2.32. The van der Waals surface area contributed by atoms with E-state index in [4.69, 9.17) is 4.74 Å². The average molecular weight is 371 g/mol. The predicted octanol–water partition coefficient (Wildman–Crippen LogP) is 6.29. The first kappa shape index (κ1) is 21.3. The molecule has 3 nitrogen and oxygen atoms in total. The number of hydrogen-bond donors (Lipinski definition) is 1. The van der Waals surface area contributed by atoms with Gasteiger partial charge in [0.25, 0.3) is 0 Å². The van der Waals surface area contributed by atoms with E-state index in [0.717, 1.165) is 43.6 Å². The molecule has 1 aromatic rings. The van der Waals surface area contributed by atoms with E-state index in [9.17, 15) is 9.90 Å². The van der Waals surface area contributed by atoms with Crippen molar-refractivity contribution in [3.8, 4) is 5.75 Å². The summed E-state index contributed by atoms with van der Waals surface area (Å²) in [5.41, 5.74) is 0.865. The van der Waals surface area contributed by atoms with Crippen molar-refractivity contribution < 1.29 is 14.6 Å². The molecule has 27 heavy (non-hydrogen) atoms. The highest BCUT2D eigenvalue weighted by Crippen LogP contribution is 2.41. The molecule has 0 unspecified atom stereocenters. The first-order valence-corrected chi connectivity index (χ1v) is 10.5. The number of benzene rings is 1. The standard InChI is InChI=1S/C24H34O3/c1-3-5-7-8-11-19-27-22-13-10-9-12-21(22)24(16-6-4-2)17-14-20(15-18-24)23(25)26/h9-10,12-15,17-18,20H,3-8,11,16,19H2,1-2H3,(H,25,26). The van der Waals surface area contributed by atoms with Crippen molar-refractivity contribution in [3.63, 3.8) is 0 Å². The zero-order valence-corrected chi connectivity index (χ0v) is 16.8. The van der Waals surface area contributed by atoms with Gasteiger partial charge < -0.3 is 9.84 Å². The Labute approximate surface area is 164 Å². The summed E-state index contributed by atoms with van der Waals surface area (Å²) < 4.78 is 6.17. The van der Waals surface area contributed by atoms with Crippen molar-refractivity contribution in [3.05, 3.63) is 54.1 Å². The minimum atomic E-state index is -0.803. The molecular weight excluding hydrogens is 336 g/mol. The SMILES string of the molecule is CCCCCCCOc1ccccc1C1(CCCC)C=CC(C(=O)O)C=C1. The summed E-state index contributed by atoms with van der Waals surface area (Å²) in [6, 6.07) is 8.22. The van der Waals surface area contributed by atoms with Gasteiger partial charge in [-0.15, -0.1) is 0 Å². The topological polar surface area (TPSA) is 46.5 Å². The number of carbonyl (C=O) groups is 1. The molecule has 0 bridgehead atoms. The number of carboxylic acid groups (broad SMARTS) is 1. The Hall–Kier alpha value is -2.03. The molecule has 0 spiro atoms.